The van der Waals surface area contributed by atoms with Crippen molar-refractivity contribution in [2.45, 2.75) is 54.4 Å². The Kier molecular flexibility index (Phi) is 24.3. The first-order valence-corrected chi connectivity index (χ1v) is 19.5. The number of fused-ring (bicyclic) bond motifs is 2. The molecule has 0 saturated heterocycles. The normalized spacial score (nSPS) is 11.9. The Morgan fingerprint density at radius 1 is 0.481 bits per heavy atom. The van der Waals surface area contributed by atoms with Gasteiger partial charge in [0.25, 0.3) is 0 Å². The van der Waals surface area contributed by atoms with Gasteiger partial charge in [-0.05, 0) is 0 Å². The Bertz CT molecular complexity index is 1800. The summed E-state index contributed by atoms with van der Waals surface area (Å²) in [7, 11) is 0. The second-order valence-corrected chi connectivity index (χ2v) is 15.8. The molecule has 2 aliphatic carbocycles. The first kappa shape index (κ1) is 47.2. The smallest absolute Gasteiger partial charge is 0.0809 e. The summed E-state index contributed by atoms with van der Waals surface area (Å²) in [6.07, 6.45) is 12.8. The average Bonchev–Trinajstić information content (AvgIpc) is 3.97. The van der Waals surface area contributed by atoms with E-state index in [1.165, 1.54) is 110 Å². The van der Waals surface area contributed by atoms with Crippen LogP contribution in [0.3, 0.4) is 0 Å². The van der Waals surface area contributed by atoms with Crippen LogP contribution in [0.25, 0.3) is 21.5 Å². The third kappa shape index (κ3) is 17.8. The molecule has 0 N–H and O–H groups in total. The van der Waals surface area contributed by atoms with Gasteiger partial charge in [-0.2, -0.15) is 47.2 Å². The molecule has 0 bridgehead atoms. The second-order valence-electron chi connectivity index (χ2n) is 12.1. The number of benzene rings is 4. The SMILES string of the molecule is CC1=[C-]CC=C1C.CC1=[C-]CC=C1C.C[C](=[Zr+2])c1ccccc1.C[C](=[Zr+2])c1ccccc1.[Cl-].[Cl-].c1ccc2[cH-]ccc2c1.c1ccc2[cH-]ccc2c1. The summed E-state index contributed by atoms with van der Waals surface area (Å²) in [4.78, 5) is 0. The van der Waals surface area contributed by atoms with Crippen LogP contribution in [0.1, 0.15) is 65.5 Å². The molecule has 0 spiro atoms. The summed E-state index contributed by atoms with van der Waals surface area (Å²) in [5, 5.41) is 5.32. The quantitative estimate of drug-likeness (QED) is 0.167. The van der Waals surface area contributed by atoms with E-state index >= 15 is 0 Å². The van der Waals surface area contributed by atoms with Crippen LogP contribution in [0.15, 0.2) is 180 Å². The second kappa shape index (κ2) is 26.8. The minimum atomic E-state index is 0. The van der Waals surface area contributed by atoms with Crippen molar-refractivity contribution in [2.24, 2.45) is 0 Å². The Morgan fingerprint density at radius 2 is 0.808 bits per heavy atom. The summed E-state index contributed by atoms with van der Waals surface area (Å²) >= 11 is 3.01. The molecule has 0 fully saturated rings. The maximum absolute atomic E-state index is 3.19. The molecular weight excluding hydrogens is 830 g/mol. The van der Waals surface area contributed by atoms with Crippen LogP contribution in [0.2, 0.25) is 0 Å². The van der Waals surface area contributed by atoms with Crippen LogP contribution in [0.5, 0.6) is 0 Å². The number of allylic oxidation sites excluding steroid dienone is 8. The number of hydrogen-bond acceptors (Lipinski definition) is 0. The van der Waals surface area contributed by atoms with Crippen LogP contribution in [0, 0.1) is 12.2 Å². The van der Waals surface area contributed by atoms with Crippen molar-refractivity contribution in [3.05, 3.63) is 203 Å². The number of hydrogen-bond donors (Lipinski definition) is 0. The van der Waals surface area contributed by atoms with Crippen molar-refractivity contribution < 1.29 is 73.3 Å². The van der Waals surface area contributed by atoms with E-state index in [0.717, 1.165) is 12.8 Å². The van der Waals surface area contributed by atoms with Gasteiger partial charge in [-0.25, -0.2) is 22.3 Å². The van der Waals surface area contributed by atoms with Crippen molar-refractivity contribution in [1.82, 2.24) is 0 Å². The van der Waals surface area contributed by atoms with E-state index in [4.69, 9.17) is 0 Å². The van der Waals surface area contributed by atoms with Gasteiger partial charge in [-0.1, -0.05) is 26.0 Å². The molecule has 0 nitrogen and oxygen atoms in total. The van der Waals surface area contributed by atoms with Crippen molar-refractivity contribution in [2.75, 3.05) is 0 Å². The summed E-state index contributed by atoms with van der Waals surface area (Å²) < 4.78 is 2.92. The van der Waals surface area contributed by atoms with Crippen LogP contribution in [-0.4, -0.2) is 6.41 Å². The van der Waals surface area contributed by atoms with E-state index in [1.807, 2.05) is 12.1 Å². The van der Waals surface area contributed by atoms with Crippen molar-refractivity contribution in [3.8, 4) is 0 Å². The predicted molar refractivity (Wildman–Crippen MR) is 213 cm³/mol. The number of rotatable bonds is 2. The first-order chi connectivity index (χ1) is 24.2. The third-order valence-electron chi connectivity index (χ3n) is 8.24. The summed E-state index contributed by atoms with van der Waals surface area (Å²) in [5.74, 6) is 0. The van der Waals surface area contributed by atoms with Crippen molar-refractivity contribution in [3.63, 3.8) is 0 Å². The largest absolute Gasteiger partial charge is 1.00 e. The minimum Gasteiger partial charge on any atom is -1.00 e. The number of halogens is 2. The Balaban J connectivity index is 0.000000311. The fraction of sp³-hybridized carbons (Fsp3) is 0.167. The van der Waals surface area contributed by atoms with Crippen LogP contribution >= 0.6 is 0 Å². The van der Waals surface area contributed by atoms with E-state index in [2.05, 4.69) is 199 Å². The Labute approximate surface area is 355 Å². The summed E-state index contributed by atoms with van der Waals surface area (Å²) in [6.45, 7) is 12.8. The van der Waals surface area contributed by atoms with Gasteiger partial charge in [0.2, 0.25) is 0 Å². The van der Waals surface area contributed by atoms with E-state index in [9.17, 15) is 0 Å². The molecule has 52 heavy (non-hydrogen) atoms. The molecular formula is C48H48Cl2Zr2-2. The molecule has 0 aromatic heterocycles. The van der Waals surface area contributed by atoms with Crippen molar-refractivity contribution in [1.29, 1.82) is 0 Å². The van der Waals surface area contributed by atoms with Gasteiger partial charge in [0.15, 0.2) is 0 Å². The van der Waals surface area contributed by atoms with Gasteiger partial charge in [0.1, 0.15) is 0 Å². The van der Waals surface area contributed by atoms with Crippen LogP contribution < -0.4 is 24.8 Å². The molecule has 0 unspecified atom stereocenters. The molecule has 6 aromatic rings. The molecule has 6 aromatic carbocycles. The van der Waals surface area contributed by atoms with E-state index < -0.39 is 0 Å². The van der Waals surface area contributed by atoms with Gasteiger partial charge >= 0.3 is 141 Å². The summed E-state index contributed by atoms with van der Waals surface area (Å²) in [5.41, 5.74) is 8.16. The zero-order valence-electron chi connectivity index (χ0n) is 31.2. The molecule has 4 heteroatoms. The topological polar surface area (TPSA) is 0 Å². The van der Waals surface area contributed by atoms with Gasteiger partial charge in [0.05, 0.1) is 0 Å². The monoisotopic (exact) mass is 874 g/mol. The molecule has 0 amide bonds. The zero-order valence-corrected chi connectivity index (χ0v) is 37.6. The van der Waals surface area contributed by atoms with Crippen molar-refractivity contribution >= 4 is 28.0 Å². The molecule has 0 aliphatic heterocycles. The fourth-order valence-electron chi connectivity index (χ4n) is 4.82. The Hall–Kier alpha value is -2.85. The molecule has 0 saturated carbocycles. The molecule has 0 heterocycles. The zero-order chi connectivity index (χ0) is 36.1. The van der Waals surface area contributed by atoms with E-state index in [0.29, 0.717) is 0 Å². The molecule has 0 atom stereocenters. The summed E-state index contributed by atoms with van der Waals surface area (Å²) in [6, 6.07) is 50.3. The maximum Gasteiger partial charge on any atom is -0.0809 e. The van der Waals surface area contributed by atoms with Gasteiger partial charge in [-0.3, -0.25) is 12.2 Å². The fourth-order valence-corrected chi connectivity index (χ4v) is 5.63. The minimum absolute atomic E-state index is 0. The first-order valence-electron chi connectivity index (χ1n) is 17.1. The van der Waals surface area contributed by atoms with E-state index in [-0.39, 0.29) is 24.8 Å². The maximum atomic E-state index is 3.19. The average molecular weight is 878 g/mol. The van der Waals surface area contributed by atoms with E-state index in [1.54, 1.807) is 0 Å². The third-order valence-corrected chi connectivity index (χ3v) is 9.66. The standard InChI is InChI=1S/2C9H7.2C8H8.2C7H9.2ClH.2Zr/c2*1-2-5-9-7-3-6-8(9)4-1;2*1-2-8-6-4-3-5-7-8;2*1-6-4-3-5-7(6)2;;;;/h2*1-7H;2*3-7H,1H3;2*4H,3H2,1-2H3;2*1H;;/q2*-1;;;2*-1;;;2*+2/p-2. The van der Waals surface area contributed by atoms with Gasteiger partial charge in [-0.15, -0.1) is 86.0 Å². The Morgan fingerprint density at radius 3 is 1.04 bits per heavy atom. The molecule has 0 radical (unpaired) electrons. The molecule has 2 aliphatic rings. The molecule has 8 rings (SSSR count). The molecule has 264 valence electrons. The van der Waals surface area contributed by atoms with Gasteiger partial charge < -0.3 is 24.8 Å². The van der Waals surface area contributed by atoms with Gasteiger partial charge in [0, 0.05) is 0 Å². The predicted octanol–water partition coefficient (Wildman–Crippen LogP) is 6.84. The van der Waals surface area contributed by atoms with Crippen LogP contribution in [0.4, 0.5) is 0 Å². The van der Waals surface area contributed by atoms with Crippen LogP contribution in [-0.2, 0) is 48.5 Å².